The Bertz CT molecular complexity index is 2440. The highest BCUT2D eigenvalue weighted by Crippen LogP contribution is 2.37. The summed E-state index contributed by atoms with van der Waals surface area (Å²) in [6.07, 6.45) is 9.53. The van der Waals surface area contributed by atoms with E-state index in [0.717, 1.165) is 30.6 Å². The summed E-state index contributed by atoms with van der Waals surface area (Å²) in [5.74, 6) is 1.14. The van der Waals surface area contributed by atoms with Crippen LogP contribution in [0.25, 0.3) is 27.9 Å². The Morgan fingerprint density at radius 2 is 1.31 bits per heavy atom. The second-order valence-corrected chi connectivity index (χ2v) is 14.6. The molecule has 1 aliphatic carbocycles. The first-order valence-corrected chi connectivity index (χ1v) is 18.9. The number of ketones is 2. The number of rotatable bonds is 10. The molecule has 0 amide bonds. The molecule has 6 aromatic rings. The highest BCUT2D eigenvalue weighted by molar-refractivity contribution is 6.40. The number of ether oxygens (including phenoxy) is 1. The summed E-state index contributed by atoms with van der Waals surface area (Å²) in [6, 6.07) is 42.5. The van der Waals surface area contributed by atoms with Gasteiger partial charge in [-0.2, -0.15) is 0 Å². The zero-order valence-corrected chi connectivity index (χ0v) is 31.3. The van der Waals surface area contributed by atoms with Gasteiger partial charge >= 0.3 is 0 Å². The fourth-order valence-corrected chi connectivity index (χ4v) is 8.08. The van der Waals surface area contributed by atoms with Gasteiger partial charge < -0.3 is 14.2 Å². The van der Waals surface area contributed by atoms with Crippen LogP contribution in [0.5, 0.6) is 0 Å². The predicted octanol–water partition coefficient (Wildman–Crippen LogP) is 11.8. The molecule has 8 rings (SSSR count). The number of fused-ring (bicyclic) bond motifs is 4. The third kappa shape index (κ3) is 6.62. The minimum absolute atomic E-state index is 0.196. The Hall–Kier alpha value is -6.20. The molecule has 5 nitrogen and oxygen atoms in total. The molecule has 1 aromatic heterocycles. The molecule has 2 heterocycles. The lowest BCUT2D eigenvalue weighted by molar-refractivity contribution is 0.0987. The Balaban J connectivity index is 0.912. The molecule has 0 spiro atoms. The summed E-state index contributed by atoms with van der Waals surface area (Å²) < 4.78 is 8.51. The van der Waals surface area contributed by atoms with Gasteiger partial charge in [0.25, 0.3) is 0 Å². The number of anilines is 1. The van der Waals surface area contributed by atoms with Crippen LogP contribution in [0.15, 0.2) is 162 Å². The average molecular weight is 709 g/mol. The monoisotopic (exact) mass is 708 g/mol. The van der Waals surface area contributed by atoms with Gasteiger partial charge in [0.2, 0.25) is 0 Å². The molecule has 2 unspecified atom stereocenters. The lowest BCUT2D eigenvalue weighted by Gasteiger charge is -2.24. The molecule has 2 aliphatic rings. The zero-order chi connectivity index (χ0) is 37.3. The van der Waals surface area contributed by atoms with E-state index in [2.05, 4.69) is 127 Å². The van der Waals surface area contributed by atoms with E-state index in [9.17, 15) is 9.59 Å². The molecule has 2 atom stereocenters. The van der Waals surface area contributed by atoms with Gasteiger partial charge in [0.1, 0.15) is 11.5 Å². The summed E-state index contributed by atoms with van der Waals surface area (Å²) in [7, 11) is 2.12. The summed E-state index contributed by atoms with van der Waals surface area (Å²) in [5.41, 5.74) is 9.10. The van der Waals surface area contributed by atoms with Gasteiger partial charge in [-0.05, 0) is 90.4 Å². The molecule has 0 saturated heterocycles. The molecular weight excluding hydrogens is 665 g/mol. The van der Waals surface area contributed by atoms with Crippen molar-refractivity contribution < 1.29 is 14.3 Å². The van der Waals surface area contributed by atoms with Crippen molar-refractivity contribution in [2.75, 3.05) is 11.9 Å². The fourth-order valence-electron chi connectivity index (χ4n) is 8.08. The quantitative estimate of drug-likeness (QED) is 0.105. The predicted molar refractivity (Wildman–Crippen MR) is 221 cm³/mol. The molecule has 0 fully saturated rings. The molecular formula is C49H44N2O3. The smallest absolute Gasteiger partial charge is 0.198 e. The van der Waals surface area contributed by atoms with Gasteiger partial charge in [0.05, 0.1) is 5.57 Å². The van der Waals surface area contributed by atoms with Crippen LogP contribution in [0, 0.1) is 0 Å². The third-order valence-corrected chi connectivity index (χ3v) is 10.9. The average Bonchev–Trinajstić information content (AvgIpc) is 3.66. The number of aromatic nitrogens is 1. The van der Waals surface area contributed by atoms with Gasteiger partial charge in [-0.1, -0.05) is 117 Å². The Kier molecular flexibility index (Phi) is 9.47. The molecule has 268 valence electrons. The lowest BCUT2D eigenvalue weighted by atomic mass is 9.92. The molecule has 5 aromatic carbocycles. The SMILES string of the molecule is CCC(CC(C)c1ccc(CN(C)c2ccc(/C=C/C3=CC(=C4C(=O)c5ccccc5C4=O)C=C(C)O3)cc2)cc1)n1c2ccccc2c2ccccc21. The second kappa shape index (κ2) is 14.7. The van der Waals surface area contributed by atoms with Gasteiger partial charge in [-0.15, -0.1) is 0 Å². The Labute approximate surface area is 317 Å². The highest BCUT2D eigenvalue weighted by atomic mass is 16.5. The molecule has 0 radical (unpaired) electrons. The van der Waals surface area contributed by atoms with Crippen LogP contribution in [0.2, 0.25) is 0 Å². The van der Waals surface area contributed by atoms with Crippen molar-refractivity contribution in [3.05, 3.63) is 190 Å². The van der Waals surface area contributed by atoms with Gasteiger partial charge in [0, 0.05) is 58.3 Å². The van der Waals surface area contributed by atoms with E-state index in [1.54, 1.807) is 36.4 Å². The van der Waals surface area contributed by atoms with E-state index in [1.165, 1.54) is 32.9 Å². The number of allylic oxidation sites excluding steroid dienone is 6. The van der Waals surface area contributed by atoms with Crippen molar-refractivity contribution in [3.63, 3.8) is 0 Å². The highest BCUT2D eigenvalue weighted by Gasteiger charge is 2.35. The van der Waals surface area contributed by atoms with E-state index in [-0.39, 0.29) is 17.1 Å². The van der Waals surface area contributed by atoms with Crippen molar-refractivity contribution in [1.82, 2.24) is 4.57 Å². The van der Waals surface area contributed by atoms with E-state index in [4.69, 9.17) is 4.74 Å². The van der Waals surface area contributed by atoms with Crippen molar-refractivity contribution >= 4 is 45.1 Å². The van der Waals surface area contributed by atoms with Gasteiger partial charge in [0.15, 0.2) is 11.6 Å². The minimum atomic E-state index is -0.238. The van der Waals surface area contributed by atoms with E-state index >= 15 is 0 Å². The third-order valence-electron chi connectivity index (χ3n) is 10.9. The number of benzene rings is 5. The first kappa shape index (κ1) is 34.9. The van der Waals surface area contributed by atoms with Crippen molar-refractivity contribution in [3.8, 4) is 0 Å². The van der Waals surface area contributed by atoms with Crippen molar-refractivity contribution in [1.29, 1.82) is 0 Å². The number of carbonyl (C=O) groups is 2. The van der Waals surface area contributed by atoms with Crippen molar-refractivity contribution in [2.24, 2.45) is 0 Å². The van der Waals surface area contributed by atoms with E-state index in [0.29, 0.717) is 40.2 Å². The lowest BCUT2D eigenvalue weighted by Crippen LogP contribution is -2.16. The number of nitrogens with zero attached hydrogens (tertiary/aromatic N) is 2. The minimum Gasteiger partial charge on any atom is -0.462 e. The fraction of sp³-hybridized carbons (Fsp3) is 0.184. The maximum absolute atomic E-state index is 13.1. The van der Waals surface area contributed by atoms with Crippen LogP contribution in [0.4, 0.5) is 5.69 Å². The first-order valence-electron chi connectivity index (χ1n) is 18.9. The molecule has 0 saturated carbocycles. The Morgan fingerprint density at radius 1 is 0.722 bits per heavy atom. The maximum atomic E-state index is 13.1. The number of hydrogen-bond donors (Lipinski definition) is 0. The van der Waals surface area contributed by atoms with Crippen LogP contribution in [-0.2, 0) is 11.3 Å². The number of Topliss-reactive ketones (excluding diaryl/α,β-unsaturated/α-hetero) is 2. The van der Waals surface area contributed by atoms with E-state index < -0.39 is 0 Å². The first-order chi connectivity index (χ1) is 26.3. The van der Waals surface area contributed by atoms with Crippen LogP contribution in [0.1, 0.15) is 83.0 Å². The molecule has 54 heavy (non-hydrogen) atoms. The topological polar surface area (TPSA) is 51.5 Å². The molecule has 5 heteroatoms. The maximum Gasteiger partial charge on any atom is 0.198 e. The second-order valence-electron chi connectivity index (χ2n) is 14.6. The molecule has 1 aliphatic heterocycles. The standard InChI is InChI=1S/C49H44N2O3/c1-5-38(51-45-16-10-8-12-41(45)42-13-9-11-17-46(42)51)28-32(2)36-23-18-35(19-24-36)31-50(4)39-25-20-34(21-26-39)22-27-40-30-37(29-33(3)54-40)47-48(52)43-14-6-7-15-44(43)49(47)53/h6-27,29-30,32,38H,5,28,31H2,1-4H3/b27-22+. The molecule has 0 bridgehead atoms. The number of hydrogen-bond acceptors (Lipinski definition) is 4. The molecule has 0 N–H and O–H groups in total. The zero-order valence-electron chi connectivity index (χ0n) is 31.3. The van der Waals surface area contributed by atoms with Crippen molar-refractivity contribution in [2.45, 2.75) is 52.1 Å². The number of para-hydroxylation sites is 2. The normalized spacial score (nSPS) is 15.4. The summed E-state index contributed by atoms with van der Waals surface area (Å²) in [6.45, 7) is 7.29. The summed E-state index contributed by atoms with van der Waals surface area (Å²) in [4.78, 5) is 28.4. The van der Waals surface area contributed by atoms with Gasteiger partial charge in [-0.25, -0.2) is 0 Å². The number of carbonyl (C=O) groups excluding carboxylic acids is 2. The van der Waals surface area contributed by atoms with Crippen LogP contribution < -0.4 is 4.90 Å². The Morgan fingerprint density at radius 3 is 1.93 bits per heavy atom. The largest absolute Gasteiger partial charge is 0.462 e. The van der Waals surface area contributed by atoms with E-state index in [1.807, 2.05) is 19.1 Å². The van der Waals surface area contributed by atoms with Gasteiger partial charge in [-0.3, -0.25) is 9.59 Å². The van der Waals surface area contributed by atoms with Crippen LogP contribution in [0.3, 0.4) is 0 Å². The summed E-state index contributed by atoms with van der Waals surface area (Å²) in [5, 5.41) is 2.66. The van der Waals surface area contributed by atoms with Crippen LogP contribution >= 0.6 is 0 Å². The van der Waals surface area contributed by atoms with Crippen LogP contribution in [-0.4, -0.2) is 23.2 Å². The summed E-state index contributed by atoms with van der Waals surface area (Å²) >= 11 is 0.